The number of aromatic nitrogens is 1. The lowest BCUT2D eigenvalue weighted by Crippen LogP contribution is -2.65. The molecule has 1 N–H and O–H groups in total. The highest BCUT2D eigenvalue weighted by atomic mass is 35.5. The van der Waals surface area contributed by atoms with E-state index in [0.29, 0.717) is 0 Å². The van der Waals surface area contributed by atoms with Crippen LogP contribution in [0.3, 0.4) is 0 Å². The summed E-state index contributed by atoms with van der Waals surface area (Å²) in [6.07, 6.45) is 0. The van der Waals surface area contributed by atoms with Crippen molar-refractivity contribution in [2.24, 2.45) is 0 Å². The van der Waals surface area contributed by atoms with Gasteiger partial charge in [0.05, 0.1) is 5.02 Å². The Hall–Kier alpha value is -1.66. The number of nitrogens with one attached hydrogen (secondary N) is 1. The molecule has 0 saturated carbocycles. The van der Waals surface area contributed by atoms with E-state index in [4.69, 9.17) is 23.2 Å². The van der Waals surface area contributed by atoms with E-state index in [-0.39, 0.29) is 22.4 Å². The lowest BCUT2D eigenvalue weighted by atomic mass is 9.98. The number of carbonyl (C=O) groups is 3. The van der Waals surface area contributed by atoms with Crippen LogP contribution in [0.4, 0.5) is 0 Å². The zero-order valence-electron chi connectivity index (χ0n) is 10.7. The zero-order chi connectivity index (χ0) is 15.1. The van der Waals surface area contributed by atoms with Gasteiger partial charge < -0.3 is 4.90 Å². The van der Waals surface area contributed by atoms with Crippen molar-refractivity contribution in [3.8, 4) is 0 Å². The number of amides is 3. The molecule has 0 aromatic carbocycles. The summed E-state index contributed by atoms with van der Waals surface area (Å²) in [7, 11) is 0. The lowest BCUT2D eigenvalue weighted by Gasteiger charge is -2.39. The van der Waals surface area contributed by atoms with Crippen LogP contribution in [0.1, 0.15) is 24.3 Å². The molecule has 1 aliphatic rings. The molecular weight excluding hydrogens is 305 g/mol. The van der Waals surface area contributed by atoms with E-state index in [1.165, 1.54) is 26.0 Å². The van der Waals surface area contributed by atoms with Crippen LogP contribution < -0.4 is 5.32 Å². The maximum absolute atomic E-state index is 12.5. The summed E-state index contributed by atoms with van der Waals surface area (Å²) in [5, 5.41) is 2.39. The second kappa shape index (κ2) is 5.03. The van der Waals surface area contributed by atoms with Gasteiger partial charge in [-0.2, -0.15) is 0 Å². The third-order valence-corrected chi connectivity index (χ3v) is 3.56. The number of halogens is 2. The summed E-state index contributed by atoms with van der Waals surface area (Å²) in [5.41, 5.74) is -1.27. The number of piperazine rings is 1. The molecule has 0 atom stereocenters. The molecule has 0 unspecified atom stereocenters. The van der Waals surface area contributed by atoms with Crippen LogP contribution in [0, 0.1) is 0 Å². The highest BCUT2D eigenvalue weighted by Crippen LogP contribution is 2.24. The Morgan fingerprint density at radius 1 is 1.35 bits per heavy atom. The predicted octanol–water partition coefficient (Wildman–Crippen LogP) is 1.27. The van der Waals surface area contributed by atoms with E-state index < -0.39 is 23.3 Å². The summed E-state index contributed by atoms with van der Waals surface area (Å²) >= 11 is 11.7. The quantitative estimate of drug-likeness (QED) is 0.625. The van der Waals surface area contributed by atoms with Gasteiger partial charge in [0, 0.05) is 0 Å². The van der Waals surface area contributed by atoms with Crippen LogP contribution in [0.25, 0.3) is 0 Å². The Bertz CT molecular complexity index is 616. The van der Waals surface area contributed by atoms with Gasteiger partial charge in [0.2, 0.25) is 5.91 Å². The fourth-order valence-electron chi connectivity index (χ4n) is 1.80. The van der Waals surface area contributed by atoms with Crippen molar-refractivity contribution in [2.75, 3.05) is 6.54 Å². The van der Waals surface area contributed by atoms with Gasteiger partial charge in [-0.05, 0) is 26.0 Å². The van der Waals surface area contributed by atoms with E-state index >= 15 is 0 Å². The summed E-state index contributed by atoms with van der Waals surface area (Å²) < 4.78 is 0. The molecule has 0 spiro atoms. The van der Waals surface area contributed by atoms with Crippen molar-refractivity contribution in [3.63, 3.8) is 0 Å². The summed E-state index contributed by atoms with van der Waals surface area (Å²) in [5.74, 6) is -1.73. The van der Waals surface area contributed by atoms with Gasteiger partial charge in [-0.1, -0.05) is 23.2 Å². The van der Waals surface area contributed by atoms with Gasteiger partial charge in [0.1, 0.15) is 22.9 Å². The third kappa shape index (κ3) is 2.48. The van der Waals surface area contributed by atoms with Crippen LogP contribution in [0.2, 0.25) is 10.2 Å². The molecule has 0 radical (unpaired) electrons. The monoisotopic (exact) mass is 315 g/mol. The first kappa shape index (κ1) is 14.7. The normalized spacial score (nSPS) is 17.9. The first-order valence-corrected chi connectivity index (χ1v) is 6.47. The molecule has 3 amide bonds. The minimum Gasteiger partial charge on any atom is -0.314 e. The molecule has 20 heavy (non-hydrogen) atoms. The number of imide groups is 1. The van der Waals surface area contributed by atoms with Crippen molar-refractivity contribution in [1.29, 1.82) is 0 Å². The van der Waals surface area contributed by atoms with E-state index in [0.717, 1.165) is 4.90 Å². The van der Waals surface area contributed by atoms with Crippen LogP contribution in [-0.2, 0) is 9.59 Å². The predicted molar refractivity (Wildman–Crippen MR) is 72.5 cm³/mol. The first-order valence-electron chi connectivity index (χ1n) is 5.72. The van der Waals surface area contributed by atoms with Gasteiger partial charge in [-0.15, -0.1) is 0 Å². The Labute approximate surface area is 125 Å². The SMILES string of the molecule is CC1(C)C(=O)NC(=O)CN1C(=O)c1nc(Cl)ccc1Cl. The molecule has 2 rings (SSSR count). The largest absolute Gasteiger partial charge is 0.314 e. The zero-order valence-corrected chi connectivity index (χ0v) is 12.2. The van der Waals surface area contributed by atoms with Crippen molar-refractivity contribution in [2.45, 2.75) is 19.4 Å². The Balaban J connectivity index is 2.43. The van der Waals surface area contributed by atoms with Crippen molar-refractivity contribution >= 4 is 40.9 Å². The maximum atomic E-state index is 12.5. The van der Waals surface area contributed by atoms with Gasteiger partial charge >= 0.3 is 0 Å². The summed E-state index contributed by atoms with van der Waals surface area (Å²) in [4.78, 5) is 40.7. The molecule has 0 bridgehead atoms. The van der Waals surface area contributed by atoms with Gasteiger partial charge in [0.15, 0.2) is 0 Å². The average molecular weight is 316 g/mol. The van der Waals surface area contributed by atoms with E-state index in [1.54, 1.807) is 0 Å². The minimum absolute atomic E-state index is 0.0882. The standard InChI is InChI=1S/C12H11Cl2N3O3/c1-12(2)11(20)16-8(18)5-17(12)10(19)9-6(13)3-4-7(14)15-9/h3-4H,5H2,1-2H3,(H,16,18,20). The Kier molecular flexibility index (Phi) is 3.71. The fourth-order valence-corrected chi connectivity index (χ4v) is 2.14. The smallest absolute Gasteiger partial charge is 0.275 e. The highest BCUT2D eigenvalue weighted by Gasteiger charge is 2.44. The molecule has 1 saturated heterocycles. The average Bonchev–Trinajstić information content (AvgIpc) is 2.36. The second-order valence-corrected chi connectivity index (χ2v) is 5.59. The molecule has 1 aromatic heterocycles. The summed E-state index contributed by atoms with van der Waals surface area (Å²) in [6.45, 7) is 2.82. The lowest BCUT2D eigenvalue weighted by molar-refractivity contribution is -0.143. The van der Waals surface area contributed by atoms with Crippen LogP contribution in [0.5, 0.6) is 0 Å². The van der Waals surface area contributed by atoms with Crippen molar-refractivity contribution in [3.05, 3.63) is 28.0 Å². The van der Waals surface area contributed by atoms with Crippen LogP contribution in [-0.4, -0.2) is 39.7 Å². The topological polar surface area (TPSA) is 79.4 Å². The van der Waals surface area contributed by atoms with Gasteiger partial charge in [-0.3, -0.25) is 19.7 Å². The third-order valence-electron chi connectivity index (χ3n) is 3.04. The van der Waals surface area contributed by atoms with E-state index in [9.17, 15) is 14.4 Å². The Morgan fingerprint density at radius 3 is 2.65 bits per heavy atom. The number of hydrogen-bond acceptors (Lipinski definition) is 4. The molecule has 1 fully saturated rings. The van der Waals surface area contributed by atoms with Crippen molar-refractivity contribution < 1.29 is 14.4 Å². The van der Waals surface area contributed by atoms with Crippen LogP contribution in [0.15, 0.2) is 12.1 Å². The molecular formula is C12H11Cl2N3O3. The fraction of sp³-hybridized carbons (Fsp3) is 0.333. The summed E-state index contributed by atoms with van der Waals surface area (Å²) in [6, 6.07) is 2.88. The molecule has 106 valence electrons. The van der Waals surface area contributed by atoms with E-state index in [2.05, 4.69) is 10.3 Å². The number of pyridine rings is 1. The van der Waals surface area contributed by atoms with Crippen molar-refractivity contribution in [1.82, 2.24) is 15.2 Å². The maximum Gasteiger partial charge on any atom is 0.275 e. The molecule has 0 aliphatic carbocycles. The molecule has 1 aromatic rings. The number of nitrogens with zero attached hydrogens (tertiary/aromatic N) is 2. The van der Waals surface area contributed by atoms with Crippen LogP contribution >= 0.6 is 23.2 Å². The molecule has 8 heteroatoms. The number of rotatable bonds is 1. The van der Waals surface area contributed by atoms with E-state index in [1.807, 2.05) is 0 Å². The first-order chi connectivity index (χ1) is 9.23. The molecule has 6 nitrogen and oxygen atoms in total. The molecule has 2 heterocycles. The highest BCUT2D eigenvalue weighted by molar-refractivity contribution is 6.34. The molecule has 1 aliphatic heterocycles. The second-order valence-electron chi connectivity index (χ2n) is 4.79. The Morgan fingerprint density at radius 2 is 2.00 bits per heavy atom. The number of hydrogen-bond donors (Lipinski definition) is 1. The van der Waals surface area contributed by atoms with Gasteiger partial charge in [-0.25, -0.2) is 4.98 Å². The number of carbonyl (C=O) groups excluding carboxylic acids is 3. The van der Waals surface area contributed by atoms with Gasteiger partial charge in [0.25, 0.3) is 11.8 Å². The minimum atomic E-state index is -1.18.